The molecule has 0 radical (unpaired) electrons. The highest BCUT2D eigenvalue weighted by molar-refractivity contribution is 5.02. The van der Waals surface area contributed by atoms with Gasteiger partial charge >= 0.3 is 0 Å². The Balaban J connectivity index is 1.65. The molecule has 1 atom stereocenters. The maximum Gasteiger partial charge on any atom is 0.0334 e. The summed E-state index contributed by atoms with van der Waals surface area (Å²) in [5.74, 6) is 1.82. The van der Waals surface area contributed by atoms with Crippen LogP contribution in [0.2, 0.25) is 0 Å². The van der Waals surface area contributed by atoms with Crippen molar-refractivity contribution in [2.24, 2.45) is 11.8 Å². The molecule has 2 nitrogen and oxygen atoms in total. The second kappa shape index (κ2) is 6.36. The van der Waals surface area contributed by atoms with Crippen LogP contribution in [-0.2, 0) is 0 Å². The van der Waals surface area contributed by atoms with Gasteiger partial charge in [-0.25, -0.2) is 0 Å². The van der Waals surface area contributed by atoms with Crippen molar-refractivity contribution in [3.63, 3.8) is 0 Å². The SMILES string of the molecule is CC(C)CC1CN(CC2CCCC2)C2(CCCC2)CN1. The van der Waals surface area contributed by atoms with Crippen molar-refractivity contribution >= 4 is 0 Å². The second-order valence-corrected chi connectivity index (χ2v) is 8.19. The molecule has 0 aromatic rings. The van der Waals surface area contributed by atoms with Gasteiger partial charge in [-0.15, -0.1) is 0 Å². The van der Waals surface area contributed by atoms with Crippen molar-refractivity contribution < 1.29 is 0 Å². The van der Waals surface area contributed by atoms with E-state index in [0.29, 0.717) is 5.54 Å². The number of nitrogens with one attached hydrogen (secondary N) is 1. The molecule has 2 heteroatoms. The summed E-state index contributed by atoms with van der Waals surface area (Å²) in [4.78, 5) is 2.94. The Kier molecular flexibility index (Phi) is 4.72. The van der Waals surface area contributed by atoms with Gasteiger partial charge in [0.1, 0.15) is 0 Å². The minimum atomic E-state index is 0.538. The van der Waals surface area contributed by atoms with E-state index in [0.717, 1.165) is 17.9 Å². The third kappa shape index (κ3) is 3.22. The predicted molar refractivity (Wildman–Crippen MR) is 86.0 cm³/mol. The molecule has 1 unspecified atom stereocenters. The Bertz CT molecular complexity index is 301. The van der Waals surface area contributed by atoms with Crippen LogP contribution in [0.15, 0.2) is 0 Å². The number of hydrogen-bond donors (Lipinski definition) is 1. The van der Waals surface area contributed by atoms with Crippen LogP contribution < -0.4 is 5.32 Å². The lowest BCUT2D eigenvalue weighted by molar-refractivity contribution is 0.0259. The molecule has 0 aromatic carbocycles. The van der Waals surface area contributed by atoms with Crippen LogP contribution in [-0.4, -0.2) is 36.1 Å². The molecule has 0 amide bonds. The average molecular weight is 278 g/mol. The number of piperazine rings is 1. The summed E-state index contributed by atoms with van der Waals surface area (Å²) in [6, 6.07) is 0.739. The van der Waals surface area contributed by atoms with Gasteiger partial charge in [0, 0.05) is 31.2 Å². The van der Waals surface area contributed by atoms with Gasteiger partial charge in [0.25, 0.3) is 0 Å². The topological polar surface area (TPSA) is 15.3 Å². The molecule has 2 saturated carbocycles. The Hall–Kier alpha value is -0.0800. The molecule has 116 valence electrons. The van der Waals surface area contributed by atoms with E-state index in [1.807, 2.05) is 0 Å². The summed E-state index contributed by atoms with van der Waals surface area (Å²) in [6.07, 6.45) is 13.1. The zero-order valence-electron chi connectivity index (χ0n) is 13.7. The molecule has 0 aromatic heterocycles. The molecule has 1 N–H and O–H groups in total. The minimum Gasteiger partial charge on any atom is -0.311 e. The molecule has 1 saturated heterocycles. The van der Waals surface area contributed by atoms with E-state index in [-0.39, 0.29) is 0 Å². The number of hydrogen-bond acceptors (Lipinski definition) is 2. The van der Waals surface area contributed by atoms with Gasteiger partial charge < -0.3 is 5.32 Å². The van der Waals surface area contributed by atoms with Crippen LogP contribution >= 0.6 is 0 Å². The lowest BCUT2D eigenvalue weighted by atomic mass is 9.87. The molecule has 0 bridgehead atoms. The van der Waals surface area contributed by atoms with Gasteiger partial charge in [0.2, 0.25) is 0 Å². The van der Waals surface area contributed by atoms with E-state index in [1.165, 1.54) is 77.4 Å². The monoisotopic (exact) mass is 278 g/mol. The van der Waals surface area contributed by atoms with Crippen molar-refractivity contribution in [1.82, 2.24) is 10.2 Å². The van der Waals surface area contributed by atoms with Crippen LogP contribution in [0.25, 0.3) is 0 Å². The average Bonchev–Trinajstić information content (AvgIpc) is 3.05. The highest BCUT2D eigenvalue weighted by Crippen LogP contribution is 2.39. The Labute approximate surface area is 125 Å². The van der Waals surface area contributed by atoms with Gasteiger partial charge in [0.05, 0.1) is 0 Å². The highest BCUT2D eigenvalue weighted by atomic mass is 15.3. The van der Waals surface area contributed by atoms with Crippen LogP contribution in [0.3, 0.4) is 0 Å². The van der Waals surface area contributed by atoms with E-state index in [1.54, 1.807) is 0 Å². The fraction of sp³-hybridized carbons (Fsp3) is 1.00. The zero-order valence-corrected chi connectivity index (χ0v) is 13.7. The minimum absolute atomic E-state index is 0.538. The normalized spacial score (nSPS) is 31.6. The fourth-order valence-corrected chi connectivity index (χ4v) is 5.00. The van der Waals surface area contributed by atoms with E-state index < -0.39 is 0 Å². The smallest absolute Gasteiger partial charge is 0.0334 e. The van der Waals surface area contributed by atoms with Gasteiger partial charge in [-0.05, 0) is 43.9 Å². The van der Waals surface area contributed by atoms with E-state index in [9.17, 15) is 0 Å². The largest absolute Gasteiger partial charge is 0.311 e. The number of rotatable bonds is 4. The van der Waals surface area contributed by atoms with Crippen LogP contribution in [0, 0.1) is 11.8 Å². The molecule has 1 aliphatic heterocycles. The molecular weight excluding hydrogens is 244 g/mol. The van der Waals surface area contributed by atoms with Crippen LogP contribution in [0.1, 0.15) is 71.6 Å². The zero-order chi connectivity index (χ0) is 14.0. The quantitative estimate of drug-likeness (QED) is 0.841. The third-order valence-corrected chi connectivity index (χ3v) is 6.07. The first-order chi connectivity index (χ1) is 9.68. The summed E-state index contributed by atoms with van der Waals surface area (Å²) in [5.41, 5.74) is 0.538. The standard InChI is InChI=1S/C18H34N2/c1-15(2)11-17-13-20(12-16-7-3-4-8-16)18(14-19-17)9-5-6-10-18/h15-17,19H,3-14H2,1-2H3. The Morgan fingerprint density at radius 3 is 2.45 bits per heavy atom. The summed E-state index contributed by atoms with van der Waals surface area (Å²) in [6.45, 7) is 8.70. The van der Waals surface area contributed by atoms with Crippen LogP contribution in [0.4, 0.5) is 0 Å². The molecule has 3 rings (SSSR count). The molecule has 20 heavy (non-hydrogen) atoms. The molecule has 3 aliphatic rings. The van der Waals surface area contributed by atoms with Crippen molar-refractivity contribution in [3.8, 4) is 0 Å². The summed E-state index contributed by atoms with van der Waals surface area (Å²) in [5, 5.41) is 3.90. The molecular formula is C18H34N2. The van der Waals surface area contributed by atoms with Gasteiger partial charge in [-0.3, -0.25) is 4.90 Å². The molecule has 1 spiro atoms. The lowest BCUT2D eigenvalue weighted by Gasteiger charge is -2.49. The maximum absolute atomic E-state index is 3.90. The second-order valence-electron chi connectivity index (χ2n) is 8.19. The summed E-state index contributed by atoms with van der Waals surface area (Å²) >= 11 is 0. The van der Waals surface area contributed by atoms with Crippen molar-refractivity contribution in [1.29, 1.82) is 0 Å². The van der Waals surface area contributed by atoms with Gasteiger partial charge in [-0.1, -0.05) is 39.5 Å². The lowest BCUT2D eigenvalue weighted by Crippen LogP contribution is -2.64. The Morgan fingerprint density at radius 1 is 1.10 bits per heavy atom. The van der Waals surface area contributed by atoms with E-state index in [4.69, 9.17) is 0 Å². The van der Waals surface area contributed by atoms with E-state index in [2.05, 4.69) is 24.1 Å². The summed E-state index contributed by atoms with van der Waals surface area (Å²) < 4.78 is 0. The predicted octanol–water partition coefficient (Wildman–Crippen LogP) is 3.81. The first kappa shape index (κ1) is 14.8. The maximum atomic E-state index is 3.90. The van der Waals surface area contributed by atoms with Gasteiger partial charge in [-0.2, -0.15) is 0 Å². The molecule has 1 heterocycles. The van der Waals surface area contributed by atoms with Crippen molar-refractivity contribution in [2.45, 2.75) is 83.2 Å². The van der Waals surface area contributed by atoms with E-state index >= 15 is 0 Å². The molecule has 2 aliphatic carbocycles. The first-order valence-corrected chi connectivity index (χ1v) is 9.16. The molecule has 3 fully saturated rings. The Morgan fingerprint density at radius 2 is 1.80 bits per heavy atom. The van der Waals surface area contributed by atoms with Crippen molar-refractivity contribution in [2.75, 3.05) is 19.6 Å². The summed E-state index contributed by atoms with van der Waals surface area (Å²) in [7, 11) is 0. The van der Waals surface area contributed by atoms with Gasteiger partial charge in [0.15, 0.2) is 0 Å². The van der Waals surface area contributed by atoms with Crippen LogP contribution in [0.5, 0.6) is 0 Å². The first-order valence-electron chi connectivity index (χ1n) is 9.16. The highest BCUT2D eigenvalue weighted by Gasteiger charge is 2.44. The fourth-order valence-electron chi connectivity index (χ4n) is 5.00. The third-order valence-electron chi connectivity index (χ3n) is 6.07. The van der Waals surface area contributed by atoms with Crippen molar-refractivity contribution in [3.05, 3.63) is 0 Å². The number of nitrogens with zero attached hydrogens (tertiary/aromatic N) is 1.